The molecule has 1 amide bonds. The summed E-state index contributed by atoms with van der Waals surface area (Å²) in [4.78, 5) is 29.1. The molecule has 0 saturated carbocycles. The lowest BCUT2D eigenvalue weighted by Gasteiger charge is -2.20. The number of nitrogens with one attached hydrogen (secondary N) is 1. The van der Waals surface area contributed by atoms with Crippen molar-refractivity contribution in [3.8, 4) is 17.1 Å². The molecule has 1 N–H and O–H groups in total. The quantitative estimate of drug-likeness (QED) is 0.764. The van der Waals surface area contributed by atoms with Crippen LogP contribution in [0.1, 0.15) is 20.8 Å². The van der Waals surface area contributed by atoms with Gasteiger partial charge in [0.2, 0.25) is 5.91 Å². The number of aromatic nitrogens is 4. The lowest BCUT2D eigenvalue weighted by Crippen LogP contribution is -2.43. The Morgan fingerprint density at radius 3 is 2.52 bits per heavy atom. The molecule has 140 valence electrons. The van der Waals surface area contributed by atoms with E-state index in [9.17, 15) is 14.0 Å². The summed E-state index contributed by atoms with van der Waals surface area (Å²) in [6.45, 7) is 5.31. The molecule has 0 bridgehead atoms. The van der Waals surface area contributed by atoms with Crippen molar-refractivity contribution >= 4 is 5.91 Å². The molecule has 0 spiro atoms. The van der Waals surface area contributed by atoms with E-state index in [1.165, 1.54) is 22.8 Å². The Bertz CT molecular complexity index is 1020. The summed E-state index contributed by atoms with van der Waals surface area (Å²) in [5, 5.41) is 7.08. The van der Waals surface area contributed by atoms with E-state index in [1.807, 2.05) is 20.8 Å². The van der Waals surface area contributed by atoms with Gasteiger partial charge in [-0.2, -0.15) is 0 Å². The summed E-state index contributed by atoms with van der Waals surface area (Å²) in [5.41, 5.74) is 0.0277. The summed E-state index contributed by atoms with van der Waals surface area (Å²) in [5.74, 6) is -0.537. The van der Waals surface area contributed by atoms with Crippen molar-refractivity contribution in [1.82, 2.24) is 24.6 Å². The van der Waals surface area contributed by atoms with Gasteiger partial charge in [-0.15, -0.1) is 5.10 Å². The van der Waals surface area contributed by atoms with Crippen LogP contribution < -0.4 is 11.0 Å². The Kier molecular flexibility index (Phi) is 4.89. The number of rotatable bonds is 4. The fourth-order valence-electron chi connectivity index (χ4n) is 2.64. The number of halogens is 1. The van der Waals surface area contributed by atoms with E-state index in [1.54, 1.807) is 30.6 Å². The summed E-state index contributed by atoms with van der Waals surface area (Å²) in [6.07, 6.45) is 3.08. The molecule has 0 atom stereocenters. The van der Waals surface area contributed by atoms with Crippen molar-refractivity contribution in [2.75, 3.05) is 0 Å². The number of carbonyl (C=O) groups excluding carboxylic acids is 1. The van der Waals surface area contributed by atoms with Gasteiger partial charge in [0.05, 0.1) is 5.69 Å². The van der Waals surface area contributed by atoms with Crippen LogP contribution in [0.15, 0.2) is 53.6 Å². The van der Waals surface area contributed by atoms with Crippen molar-refractivity contribution in [1.29, 1.82) is 0 Å². The monoisotopic (exact) mass is 369 g/mol. The highest BCUT2D eigenvalue weighted by Gasteiger charge is 2.20. The van der Waals surface area contributed by atoms with E-state index < -0.39 is 17.0 Å². The minimum Gasteiger partial charge on any atom is -0.350 e. The van der Waals surface area contributed by atoms with Crippen molar-refractivity contribution in [2.24, 2.45) is 0 Å². The third-order valence-corrected chi connectivity index (χ3v) is 3.65. The summed E-state index contributed by atoms with van der Waals surface area (Å²) >= 11 is 0. The minimum absolute atomic E-state index is 0.240. The van der Waals surface area contributed by atoms with Gasteiger partial charge in [0.1, 0.15) is 12.4 Å². The molecule has 0 radical (unpaired) electrons. The molecule has 7 nitrogen and oxygen atoms in total. The zero-order chi connectivity index (χ0) is 19.6. The number of pyridine rings is 1. The molecule has 3 aromatic rings. The van der Waals surface area contributed by atoms with E-state index in [2.05, 4.69) is 15.4 Å². The first-order chi connectivity index (χ1) is 12.7. The zero-order valence-electron chi connectivity index (χ0n) is 15.3. The van der Waals surface area contributed by atoms with E-state index >= 15 is 0 Å². The van der Waals surface area contributed by atoms with E-state index in [4.69, 9.17) is 0 Å². The van der Waals surface area contributed by atoms with Crippen molar-refractivity contribution < 1.29 is 9.18 Å². The van der Waals surface area contributed by atoms with Crippen LogP contribution in [0, 0.1) is 5.82 Å². The van der Waals surface area contributed by atoms with Crippen LogP contribution in [-0.2, 0) is 11.3 Å². The maximum atomic E-state index is 13.7. The molecule has 3 rings (SSSR count). The number of benzene rings is 1. The third-order valence-electron chi connectivity index (χ3n) is 3.65. The first-order valence-corrected chi connectivity index (χ1v) is 8.42. The van der Waals surface area contributed by atoms with Crippen molar-refractivity contribution in [2.45, 2.75) is 32.9 Å². The van der Waals surface area contributed by atoms with Crippen molar-refractivity contribution in [3.63, 3.8) is 0 Å². The molecule has 0 aliphatic heterocycles. The highest BCUT2D eigenvalue weighted by Crippen LogP contribution is 2.20. The molecule has 2 aromatic heterocycles. The van der Waals surface area contributed by atoms with Gasteiger partial charge < -0.3 is 5.32 Å². The average Bonchev–Trinajstić information content (AvgIpc) is 2.90. The number of hydrogen-bond donors (Lipinski definition) is 1. The SMILES string of the molecule is CC(C)(C)NC(=O)Cn1nc(-c2cccc(F)c2)n(-c2ccncc2)c1=O. The van der Waals surface area contributed by atoms with Gasteiger partial charge >= 0.3 is 5.69 Å². The molecular weight excluding hydrogens is 349 g/mol. The lowest BCUT2D eigenvalue weighted by molar-refractivity contribution is -0.123. The van der Waals surface area contributed by atoms with Crippen LogP contribution in [0.25, 0.3) is 17.1 Å². The smallest absolute Gasteiger partial charge is 0.350 e. The second kappa shape index (κ2) is 7.14. The maximum absolute atomic E-state index is 13.7. The highest BCUT2D eigenvalue weighted by molar-refractivity contribution is 5.76. The summed E-state index contributed by atoms with van der Waals surface area (Å²) in [7, 11) is 0. The first-order valence-electron chi connectivity index (χ1n) is 8.42. The minimum atomic E-state index is -0.496. The van der Waals surface area contributed by atoms with Gasteiger partial charge in [-0.05, 0) is 45.0 Å². The van der Waals surface area contributed by atoms with E-state index in [-0.39, 0.29) is 18.3 Å². The van der Waals surface area contributed by atoms with E-state index in [0.29, 0.717) is 11.3 Å². The predicted octanol–water partition coefficient (Wildman–Crippen LogP) is 2.15. The Hall–Kier alpha value is -3.29. The molecule has 8 heteroatoms. The van der Waals surface area contributed by atoms with Gasteiger partial charge in [-0.25, -0.2) is 18.4 Å². The molecule has 0 saturated heterocycles. The Balaban J connectivity index is 2.10. The fraction of sp³-hybridized carbons (Fsp3) is 0.263. The lowest BCUT2D eigenvalue weighted by atomic mass is 10.1. The van der Waals surface area contributed by atoms with Gasteiger partial charge in [0, 0.05) is 23.5 Å². The van der Waals surface area contributed by atoms with Crippen LogP contribution in [0.5, 0.6) is 0 Å². The summed E-state index contributed by atoms with van der Waals surface area (Å²) < 4.78 is 16.1. The Labute approximate surface area is 155 Å². The largest absolute Gasteiger partial charge is 0.351 e. The predicted molar refractivity (Wildman–Crippen MR) is 98.9 cm³/mol. The Morgan fingerprint density at radius 2 is 1.89 bits per heavy atom. The molecule has 0 fully saturated rings. The zero-order valence-corrected chi connectivity index (χ0v) is 15.3. The standard InChI is InChI=1S/C19H20FN5O2/c1-19(2,3)22-16(26)12-24-18(27)25(15-7-9-21-10-8-15)17(23-24)13-5-4-6-14(20)11-13/h4-11H,12H2,1-3H3,(H,22,26). The topological polar surface area (TPSA) is 81.8 Å². The third kappa shape index (κ3) is 4.28. The normalized spacial score (nSPS) is 11.4. The average molecular weight is 369 g/mol. The Morgan fingerprint density at radius 1 is 1.19 bits per heavy atom. The molecule has 0 aliphatic rings. The molecule has 2 heterocycles. The van der Waals surface area contributed by atoms with Gasteiger partial charge in [-0.3, -0.25) is 9.78 Å². The van der Waals surface area contributed by atoms with Gasteiger partial charge in [0.25, 0.3) is 0 Å². The van der Waals surface area contributed by atoms with Crippen LogP contribution in [0.4, 0.5) is 4.39 Å². The number of amides is 1. The second-order valence-electron chi connectivity index (χ2n) is 7.11. The van der Waals surface area contributed by atoms with E-state index in [0.717, 1.165) is 4.68 Å². The molecule has 0 aliphatic carbocycles. The van der Waals surface area contributed by atoms with Gasteiger partial charge in [0.15, 0.2) is 5.82 Å². The molecule has 27 heavy (non-hydrogen) atoms. The molecule has 0 unspecified atom stereocenters. The highest BCUT2D eigenvalue weighted by atomic mass is 19.1. The first kappa shape index (κ1) is 18.5. The molecule has 1 aromatic carbocycles. The number of hydrogen-bond acceptors (Lipinski definition) is 4. The number of carbonyl (C=O) groups is 1. The van der Waals surface area contributed by atoms with Crippen LogP contribution in [-0.4, -0.2) is 30.8 Å². The van der Waals surface area contributed by atoms with Crippen LogP contribution >= 0.6 is 0 Å². The van der Waals surface area contributed by atoms with Gasteiger partial charge in [-0.1, -0.05) is 12.1 Å². The maximum Gasteiger partial charge on any atom is 0.351 e. The second-order valence-corrected chi connectivity index (χ2v) is 7.11. The molecular formula is C19H20FN5O2. The van der Waals surface area contributed by atoms with Crippen LogP contribution in [0.2, 0.25) is 0 Å². The van der Waals surface area contributed by atoms with Crippen LogP contribution in [0.3, 0.4) is 0 Å². The van der Waals surface area contributed by atoms with Crippen molar-refractivity contribution in [3.05, 3.63) is 65.1 Å². The fourth-order valence-corrected chi connectivity index (χ4v) is 2.64. The summed E-state index contributed by atoms with van der Waals surface area (Å²) in [6, 6.07) is 9.08. The number of nitrogens with zero attached hydrogens (tertiary/aromatic N) is 4.